The Labute approximate surface area is 136 Å². The molecule has 0 heterocycles. The summed E-state index contributed by atoms with van der Waals surface area (Å²) in [5.74, 6) is 3.63. The molecule has 0 aromatic heterocycles. The van der Waals surface area contributed by atoms with Gasteiger partial charge in [-0.05, 0) is 18.2 Å². The fourth-order valence-corrected chi connectivity index (χ4v) is 2.46. The molecular weight excluding hydrogens is 296 g/mol. The summed E-state index contributed by atoms with van der Waals surface area (Å²) >= 11 is 0. The summed E-state index contributed by atoms with van der Waals surface area (Å²) in [5.41, 5.74) is 1.90. The molecule has 23 heavy (non-hydrogen) atoms. The molecule has 0 spiro atoms. The van der Waals surface area contributed by atoms with Gasteiger partial charge in [0.1, 0.15) is 28.7 Å². The molecule has 0 aliphatic carbocycles. The van der Waals surface area contributed by atoms with Crippen molar-refractivity contribution < 1.29 is 23.7 Å². The normalized spacial score (nSPS) is 10.1. The van der Waals surface area contributed by atoms with E-state index in [1.165, 1.54) is 0 Å². The quantitative estimate of drug-likeness (QED) is 0.783. The summed E-state index contributed by atoms with van der Waals surface area (Å²) in [7, 11) is 8.15. The molecule has 0 saturated heterocycles. The third kappa shape index (κ3) is 3.62. The van der Waals surface area contributed by atoms with Crippen molar-refractivity contribution in [3.05, 3.63) is 41.5 Å². The summed E-state index contributed by atoms with van der Waals surface area (Å²) < 4.78 is 27.0. The molecule has 0 aliphatic heterocycles. The topological polar surface area (TPSA) is 46.2 Å². The third-order valence-electron chi connectivity index (χ3n) is 3.67. The Morgan fingerprint density at radius 2 is 1.17 bits per heavy atom. The smallest absolute Gasteiger partial charge is 0.129 e. The zero-order chi connectivity index (χ0) is 16.8. The van der Waals surface area contributed by atoms with Gasteiger partial charge >= 0.3 is 0 Å². The van der Waals surface area contributed by atoms with Crippen molar-refractivity contribution in [2.45, 2.75) is 6.42 Å². The lowest BCUT2D eigenvalue weighted by atomic mass is 10.0. The van der Waals surface area contributed by atoms with Crippen LogP contribution in [0.5, 0.6) is 28.7 Å². The van der Waals surface area contributed by atoms with E-state index in [-0.39, 0.29) is 0 Å². The molecule has 2 rings (SSSR count). The van der Waals surface area contributed by atoms with Gasteiger partial charge in [0.25, 0.3) is 0 Å². The van der Waals surface area contributed by atoms with Gasteiger partial charge in [-0.25, -0.2) is 0 Å². The van der Waals surface area contributed by atoms with Crippen molar-refractivity contribution >= 4 is 0 Å². The van der Waals surface area contributed by atoms with Crippen molar-refractivity contribution in [2.75, 3.05) is 35.5 Å². The number of benzene rings is 2. The van der Waals surface area contributed by atoms with E-state index in [9.17, 15) is 0 Å². The van der Waals surface area contributed by atoms with E-state index < -0.39 is 0 Å². The molecule has 2 aromatic rings. The predicted molar refractivity (Wildman–Crippen MR) is 88.5 cm³/mol. The van der Waals surface area contributed by atoms with Crippen LogP contribution < -0.4 is 23.7 Å². The highest BCUT2D eigenvalue weighted by Gasteiger charge is 2.16. The number of hydrogen-bond donors (Lipinski definition) is 0. The number of hydrogen-bond acceptors (Lipinski definition) is 5. The van der Waals surface area contributed by atoms with Crippen molar-refractivity contribution in [1.29, 1.82) is 0 Å². The van der Waals surface area contributed by atoms with Crippen molar-refractivity contribution in [3.63, 3.8) is 0 Å². The summed E-state index contributed by atoms with van der Waals surface area (Å²) in [6.45, 7) is 0. The van der Waals surface area contributed by atoms with E-state index >= 15 is 0 Å². The van der Waals surface area contributed by atoms with Gasteiger partial charge in [0.15, 0.2) is 0 Å². The lowest BCUT2D eigenvalue weighted by Crippen LogP contribution is -2.01. The van der Waals surface area contributed by atoms with E-state index in [1.54, 1.807) is 35.5 Å². The predicted octanol–water partition coefficient (Wildman–Crippen LogP) is 3.32. The second-order valence-corrected chi connectivity index (χ2v) is 4.87. The minimum Gasteiger partial charge on any atom is -0.497 e. The van der Waals surface area contributed by atoms with Gasteiger partial charge in [-0.15, -0.1) is 0 Å². The first-order valence-corrected chi connectivity index (χ1v) is 7.16. The molecule has 0 atom stereocenters. The molecule has 0 aliphatic rings. The zero-order valence-corrected chi connectivity index (χ0v) is 14.1. The average Bonchev–Trinajstić information content (AvgIpc) is 2.61. The third-order valence-corrected chi connectivity index (χ3v) is 3.67. The van der Waals surface area contributed by atoms with E-state index in [4.69, 9.17) is 23.7 Å². The lowest BCUT2D eigenvalue weighted by Gasteiger charge is -2.17. The van der Waals surface area contributed by atoms with Gasteiger partial charge in [-0.2, -0.15) is 0 Å². The van der Waals surface area contributed by atoms with Gasteiger partial charge in [-0.3, -0.25) is 0 Å². The Morgan fingerprint density at radius 3 is 1.65 bits per heavy atom. The Hall–Kier alpha value is -2.56. The summed E-state index contributed by atoms with van der Waals surface area (Å²) in [5, 5.41) is 0. The Bertz CT molecular complexity index is 641. The fraction of sp³-hybridized carbons (Fsp3) is 0.333. The van der Waals surface area contributed by atoms with E-state index in [0.29, 0.717) is 23.7 Å². The maximum absolute atomic E-state index is 5.50. The molecular formula is C18H22O5. The van der Waals surface area contributed by atoms with E-state index in [0.717, 1.165) is 22.6 Å². The maximum atomic E-state index is 5.50. The highest BCUT2D eigenvalue weighted by molar-refractivity contribution is 5.54. The van der Waals surface area contributed by atoms with Crippen LogP contribution in [0.15, 0.2) is 30.3 Å². The molecule has 5 nitrogen and oxygen atoms in total. The molecule has 2 aromatic carbocycles. The highest BCUT2D eigenvalue weighted by Crippen LogP contribution is 2.37. The van der Waals surface area contributed by atoms with Crippen LogP contribution >= 0.6 is 0 Å². The first-order valence-electron chi connectivity index (χ1n) is 7.16. The first kappa shape index (κ1) is 16.8. The second kappa shape index (κ2) is 7.63. The average molecular weight is 318 g/mol. The van der Waals surface area contributed by atoms with Crippen LogP contribution in [0, 0.1) is 0 Å². The minimum absolute atomic E-state index is 0.580. The minimum atomic E-state index is 0.580. The summed E-state index contributed by atoms with van der Waals surface area (Å²) in [4.78, 5) is 0. The van der Waals surface area contributed by atoms with Crippen molar-refractivity contribution in [1.82, 2.24) is 0 Å². The summed E-state index contributed by atoms with van der Waals surface area (Å²) in [6, 6.07) is 9.37. The molecule has 5 heteroatoms. The largest absolute Gasteiger partial charge is 0.497 e. The van der Waals surface area contributed by atoms with Gasteiger partial charge < -0.3 is 23.7 Å². The molecule has 0 amide bonds. The van der Waals surface area contributed by atoms with E-state index in [2.05, 4.69) is 0 Å². The van der Waals surface area contributed by atoms with Crippen LogP contribution in [0.1, 0.15) is 11.1 Å². The van der Waals surface area contributed by atoms with Crippen LogP contribution in [0.4, 0.5) is 0 Å². The van der Waals surface area contributed by atoms with Crippen LogP contribution in [0.25, 0.3) is 0 Å². The Kier molecular flexibility index (Phi) is 5.57. The monoisotopic (exact) mass is 318 g/mol. The maximum Gasteiger partial charge on any atom is 0.129 e. The Morgan fingerprint density at radius 1 is 0.609 bits per heavy atom. The zero-order valence-electron chi connectivity index (χ0n) is 14.1. The van der Waals surface area contributed by atoms with Crippen molar-refractivity contribution in [3.8, 4) is 28.7 Å². The Balaban J connectivity index is 2.50. The van der Waals surface area contributed by atoms with Gasteiger partial charge in [0, 0.05) is 29.7 Å². The number of ether oxygens (including phenoxy) is 5. The summed E-state index contributed by atoms with van der Waals surface area (Å²) in [6.07, 6.45) is 0.580. The lowest BCUT2D eigenvalue weighted by molar-refractivity contribution is 0.369. The fourth-order valence-electron chi connectivity index (χ4n) is 2.46. The van der Waals surface area contributed by atoms with E-state index in [1.807, 2.05) is 30.3 Å². The molecule has 0 unspecified atom stereocenters. The van der Waals surface area contributed by atoms with Crippen LogP contribution in [-0.4, -0.2) is 35.5 Å². The van der Waals surface area contributed by atoms with Gasteiger partial charge in [0.05, 0.1) is 35.5 Å². The van der Waals surface area contributed by atoms with Crippen molar-refractivity contribution in [2.24, 2.45) is 0 Å². The standard InChI is InChI=1S/C18H22O5/c1-19-13-6-7-16(21-3)12(8-13)9-15-17(22-4)10-14(20-2)11-18(15)23-5/h6-8,10-11H,9H2,1-5H3. The van der Waals surface area contributed by atoms with Crippen LogP contribution in [-0.2, 0) is 6.42 Å². The second-order valence-electron chi connectivity index (χ2n) is 4.87. The SMILES string of the molecule is COc1ccc(OC)c(Cc2c(OC)cc(OC)cc2OC)c1. The first-order chi connectivity index (χ1) is 11.2. The molecule has 124 valence electrons. The molecule has 0 radical (unpaired) electrons. The van der Waals surface area contributed by atoms with Crippen LogP contribution in [0.3, 0.4) is 0 Å². The highest BCUT2D eigenvalue weighted by atomic mass is 16.5. The molecule has 0 saturated carbocycles. The molecule has 0 bridgehead atoms. The molecule has 0 N–H and O–H groups in total. The molecule has 0 fully saturated rings. The van der Waals surface area contributed by atoms with Gasteiger partial charge in [-0.1, -0.05) is 0 Å². The van der Waals surface area contributed by atoms with Crippen LogP contribution in [0.2, 0.25) is 0 Å². The number of rotatable bonds is 7. The van der Waals surface area contributed by atoms with Gasteiger partial charge in [0.2, 0.25) is 0 Å². The number of methoxy groups -OCH3 is 5.